The molecule has 0 fully saturated rings. The number of nitrogens with zero attached hydrogens (tertiary/aromatic N) is 1. The molecule has 22 heavy (non-hydrogen) atoms. The van der Waals surface area contributed by atoms with Crippen LogP contribution in [0.3, 0.4) is 0 Å². The maximum atomic E-state index is 13.4. The van der Waals surface area contributed by atoms with Gasteiger partial charge in [-0.15, -0.1) is 0 Å². The second-order valence-electron chi connectivity index (χ2n) is 4.82. The van der Waals surface area contributed by atoms with E-state index in [9.17, 15) is 13.6 Å². The Morgan fingerprint density at radius 1 is 0.955 bits per heavy atom. The van der Waals surface area contributed by atoms with Gasteiger partial charge in [-0.25, -0.2) is 0 Å². The molecule has 0 saturated heterocycles. The maximum Gasteiger partial charge on any atom is 0.344 e. The second kappa shape index (κ2) is 5.25. The zero-order valence-corrected chi connectivity index (χ0v) is 11.4. The van der Waals surface area contributed by atoms with E-state index < -0.39 is 28.8 Å². The SMILES string of the molecule is Cc1ccc(=O)n(-c2ccc(C(O)(O)F)c(C(O)(O)F)c2)c1. The first-order valence-electron chi connectivity index (χ1n) is 6.12. The summed E-state index contributed by atoms with van der Waals surface area (Å²) >= 11 is 0. The van der Waals surface area contributed by atoms with Crippen molar-refractivity contribution < 1.29 is 29.2 Å². The monoisotopic (exact) mass is 313 g/mol. The van der Waals surface area contributed by atoms with Crippen molar-refractivity contribution in [2.24, 2.45) is 0 Å². The molecule has 0 spiro atoms. The number of aryl methyl sites for hydroxylation is 1. The van der Waals surface area contributed by atoms with Crippen LogP contribution in [-0.4, -0.2) is 25.0 Å². The molecule has 0 amide bonds. The molecule has 1 aromatic heterocycles. The van der Waals surface area contributed by atoms with Crippen LogP contribution >= 0.6 is 0 Å². The summed E-state index contributed by atoms with van der Waals surface area (Å²) in [5.41, 5.74) is -2.05. The number of pyridine rings is 1. The Bertz CT molecular complexity index is 759. The van der Waals surface area contributed by atoms with Crippen LogP contribution in [0.15, 0.2) is 41.3 Å². The molecule has 2 rings (SSSR count). The molecule has 0 aliphatic rings. The van der Waals surface area contributed by atoms with E-state index in [1.165, 1.54) is 12.3 Å². The Balaban J connectivity index is 2.72. The molecule has 8 heteroatoms. The number of benzene rings is 1. The van der Waals surface area contributed by atoms with Crippen molar-refractivity contribution in [3.05, 3.63) is 63.6 Å². The van der Waals surface area contributed by atoms with Gasteiger partial charge in [-0.3, -0.25) is 9.36 Å². The molecule has 0 saturated carbocycles. The molecular formula is C14H13F2NO5. The molecule has 0 bridgehead atoms. The Hall–Kier alpha value is -2.13. The summed E-state index contributed by atoms with van der Waals surface area (Å²) in [4.78, 5) is 11.8. The molecule has 0 aliphatic carbocycles. The maximum absolute atomic E-state index is 13.4. The summed E-state index contributed by atoms with van der Waals surface area (Å²) in [5, 5.41) is 35.9. The minimum Gasteiger partial charge on any atom is -0.336 e. The lowest BCUT2D eigenvalue weighted by molar-refractivity contribution is -0.290. The van der Waals surface area contributed by atoms with Gasteiger partial charge in [0.1, 0.15) is 0 Å². The minimum atomic E-state index is -4.03. The van der Waals surface area contributed by atoms with Gasteiger partial charge in [0, 0.05) is 18.0 Å². The minimum absolute atomic E-state index is 0.0122. The fourth-order valence-corrected chi connectivity index (χ4v) is 2.02. The number of aliphatic hydroxyl groups is 4. The first-order valence-corrected chi connectivity index (χ1v) is 6.12. The Morgan fingerprint density at radius 2 is 1.55 bits per heavy atom. The zero-order chi connectivity index (χ0) is 16.7. The topological polar surface area (TPSA) is 103 Å². The van der Waals surface area contributed by atoms with E-state index in [2.05, 4.69) is 0 Å². The van der Waals surface area contributed by atoms with Crippen molar-refractivity contribution in [2.75, 3.05) is 0 Å². The highest BCUT2D eigenvalue weighted by molar-refractivity contribution is 5.43. The summed E-state index contributed by atoms with van der Waals surface area (Å²) in [5.74, 6) is 0. The van der Waals surface area contributed by atoms with Gasteiger partial charge in [-0.05, 0) is 30.7 Å². The third-order valence-electron chi connectivity index (χ3n) is 3.03. The van der Waals surface area contributed by atoms with E-state index in [4.69, 9.17) is 20.4 Å². The average molecular weight is 313 g/mol. The lowest BCUT2D eigenvalue weighted by Crippen LogP contribution is -2.28. The lowest BCUT2D eigenvalue weighted by Gasteiger charge is -2.21. The van der Waals surface area contributed by atoms with Gasteiger partial charge >= 0.3 is 12.1 Å². The lowest BCUT2D eigenvalue weighted by atomic mass is 10.0. The molecule has 2 aromatic rings. The number of rotatable bonds is 3. The number of halogens is 2. The molecule has 1 aromatic carbocycles. The first kappa shape index (κ1) is 16.2. The molecule has 0 aliphatic heterocycles. The molecule has 6 nitrogen and oxygen atoms in total. The van der Waals surface area contributed by atoms with Gasteiger partial charge in [0.25, 0.3) is 5.56 Å². The molecule has 4 N–H and O–H groups in total. The van der Waals surface area contributed by atoms with Gasteiger partial charge in [0.2, 0.25) is 0 Å². The molecule has 0 radical (unpaired) electrons. The highest BCUT2D eigenvalue weighted by Crippen LogP contribution is 2.32. The van der Waals surface area contributed by atoms with Crippen molar-refractivity contribution in [1.29, 1.82) is 0 Å². The van der Waals surface area contributed by atoms with Gasteiger partial charge in [0.15, 0.2) is 0 Å². The third kappa shape index (κ3) is 3.20. The largest absolute Gasteiger partial charge is 0.344 e. The second-order valence-corrected chi connectivity index (χ2v) is 4.82. The van der Waals surface area contributed by atoms with E-state index in [1.807, 2.05) is 0 Å². The van der Waals surface area contributed by atoms with Crippen molar-refractivity contribution in [2.45, 2.75) is 19.0 Å². The Labute approximate surface area is 123 Å². The van der Waals surface area contributed by atoms with E-state index >= 15 is 0 Å². The number of hydrogen-bond donors (Lipinski definition) is 4. The van der Waals surface area contributed by atoms with Crippen LogP contribution in [0.1, 0.15) is 16.7 Å². The van der Waals surface area contributed by atoms with Crippen LogP contribution in [0.5, 0.6) is 0 Å². The van der Waals surface area contributed by atoms with Gasteiger partial charge in [-0.1, -0.05) is 6.07 Å². The summed E-state index contributed by atoms with van der Waals surface area (Å²) in [6.07, 6.45) is 1.40. The molecular weight excluding hydrogens is 300 g/mol. The van der Waals surface area contributed by atoms with Crippen LogP contribution in [0, 0.1) is 6.92 Å². The molecule has 1 heterocycles. The summed E-state index contributed by atoms with van der Waals surface area (Å²) in [6, 6.07) is -2.65. The zero-order valence-electron chi connectivity index (χ0n) is 11.4. The Kier molecular flexibility index (Phi) is 3.88. The van der Waals surface area contributed by atoms with Crippen LogP contribution in [0.4, 0.5) is 8.78 Å². The fourth-order valence-electron chi connectivity index (χ4n) is 2.02. The quantitative estimate of drug-likeness (QED) is 0.609. The van der Waals surface area contributed by atoms with Crippen molar-refractivity contribution in [1.82, 2.24) is 4.57 Å². The molecule has 118 valence electrons. The third-order valence-corrected chi connectivity index (χ3v) is 3.03. The fraction of sp³-hybridized carbons (Fsp3) is 0.214. The first-order chi connectivity index (χ1) is 10.00. The highest BCUT2D eigenvalue weighted by atomic mass is 19.2. The average Bonchev–Trinajstić information content (AvgIpc) is 2.39. The number of alkyl halides is 2. The van der Waals surface area contributed by atoms with Crippen molar-refractivity contribution in [3.63, 3.8) is 0 Å². The normalized spacial score (nSPS) is 12.5. The van der Waals surface area contributed by atoms with Gasteiger partial charge < -0.3 is 20.4 Å². The van der Waals surface area contributed by atoms with Crippen molar-refractivity contribution >= 4 is 0 Å². The van der Waals surface area contributed by atoms with Crippen LogP contribution in [0.2, 0.25) is 0 Å². The Morgan fingerprint density at radius 3 is 2.09 bits per heavy atom. The predicted molar refractivity (Wildman–Crippen MR) is 71.2 cm³/mol. The summed E-state index contributed by atoms with van der Waals surface area (Å²) < 4.78 is 27.7. The van der Waals surface area contributed by atoms with Gasteiger partial charge in [-0.2, -0.15) is 8.78 Å². The van der Waals surface area contributed by atoms with E-state index in [0.29, 0.717) is 5.56 Å². The van der Waals surface area contributed by atoms with Crippen molar-refractivity contribution in [3.8, 4) is 5.69 Å². The predicted octanol–water partition coefficient (Wildman–Crippen LogP) is 0.275. The van der Waals surface area contributed by atoms with Gasteiger partial charge in [0.05, 0.1) is 11.1 Å². The number of hydrogen-bond acceptors (Lipinski definition) is 5. The summed E-state index contributed by atoms with van der Waals surface area (Å²) in [6.45, 7) is 1.69. The van der Waals surface area contributed by atoms with Crippen LogP contribution in [0.25, 0.3) is 5.69 Å². The number of aromatic nitrogens is 1. The van der Waals surface area contributed by atoms with Crippen LogP contribution < -0.4 is 5.56 Å². The van der Waals surface area contributed by atoms with E-state index in [1.54, 1.807) is 13.0 Å². The smallest absolute Gasteiger partial charge is 0.336 e. The molecule has 0 atom stereocenters. The van der Waals surface area contributed by atoms with Crippen LogP contribution in [-0.2, 0) is 12.1 Å². The molecule has 0 unspecified atom stereocenters. The van der Waals surface area contributed by atoms with E-state index in [-0.39, 0.29) is 5.69 Å². The van der Waals surface area contributed by atoms with E-state index in [0.717, 1.165) is 22.8 Å². The highest BCUT2D eigenvalue weighted by Gasteiger charge is 2.37. The standard InChI is InChI=1S/C14H13F2NO5/c1-8-2-5-12(18)17(7-8)9-3-4-10(13(15,19)20)11(6-9)14(16,21)22/h2-7,19-22H,1H3. The summed E-state index contributed by atoms with van der Waals surface area (Å²) in [7, 11) is 0.